The van der Waals surface area contributed by atoms with Crippen LogP contribution in [0.25, 0.3) is 5.69 Å². The topological polar surface area (TPSA) is 122 Å². The zero-order valence-corrected chi connectivity index (χ0v) is 22.1. The molecule has 0 aliphatic carbocycles. The monoisotopic (exact) mass is 525 g/mol. The fraction of sp³-hybridized carbons (Fsp3) is 0.241. The van der Waals surface area contributed by atoms with Gasteiger partial charge < -0.3 is 20.7 Å². The van der Waals surface area contributed by atoms with Gasteiger partial charge in [0.1, 0.15) is 23.0 Å². The number of fused-ring (bicyclic) bond motifs is 1. The van der Waals surface area contributed by atoms with Crippen LogP contribution in [0.5, 0.6) is 11.5 Å². The van der Waals surface area contributed by atoms with E-state index in [0.717, 1.165) is 30.9 Å². The van der Waals surface area contributed by atoms with E-state index in [1.54, 1.807) is 48.1 Å². The molecule has 0 saturated carbocycles. The number of anilines is 2. The molecule has 0 radical (unpaired) electrons. The Hall–Kier alpha value is -4.70. The number of carbonyl (C=O) groups is 2. The molecule has 5 rings (SSSR count). The molecule has 0 saturated heterocycles. The Kier molecular flexibility index (Phi) is 7.55. The number of amides is 3. The third-order valence-corrected chi connectivity index (χ3v) is 6.42. The second kappa shape index (κ2) is 11.4. The lowest BCUT2D eigenvalue weighted by Crippen LogP contribution is -2.24. The van der Waals surface area contributed by atoms with Gasteiger partial charge in [0.05, 0.1) is 11.4 Å². The van der Waals surface area contributed by atoms with Crippen molar-refractivity contribution in [2.24, 2.45) is 0 Å². The van der Waals surface area contributed by atoms with E-state index in [2.05, 4.69) is 52.2 Å². The van der Waals surface area contributed by atoms with Crippen LogP contribution in [-0.4, -0.2) is 40.3 Å². The van der Waals surface area contributed by atoms with Crippen molar-refractivity contribution in [2.45, 2.75) is 32.7 Å². The number of ether oxygens (including phenoxy) is 1. The van der Waals surface area contributed by atoms with E-state index in [9.17, 15) is 9.59 Å². The van der Waals surface area contributed by atoms with E-state index < -0.39 is 0 Å². The van der Waals surface area contributed by atoms with Gasteiger partial charge in [-0.25, -0.2) is 9.48 Å². The highest BCUT2D eigenvalue weighted by Crippen LogP contribution is 2.26. The minimum absolute atomic E-state index is 0.206. The second-order valence-electron chi connectivity index (χ2n) is 9.56. The molecule has 0 atom stereocenters. The van der Waals surface area contributed by atoms with Gasteiger partial charge in [-0.05, 0) is 72.5 Å². The smallest absolute Gasteiger partial charge is 0.324 e. The van der Waals surface area contributed by atoms with Crippen molar-refractivity contribution in [3.05, 3.63) is 89.4 Å². The lowest BCUT2D eigenvalue weighted by atomic mass is 10.0. The highest BCUT2D eigenvalue weighted by molar-refractivity contribution is 5.99. The first-order valence-corrected chi connectivity index (χ1v) is 12.9. The van der Waals surface area contributed by atoms with E-state index >= 15 is 0 Å². The molecule has 2 aromatic carbocycles. The van der Waals surface area contributed by atoms with Crippen molar-refractivity contribution in [1.82, 2.24) is 25.4 Å². The summed E-state index contributed by atoms with van der Waals surface area (Å²) in [5, 5.41) is 16.5. The van der Waals surface area contributed by atoms with E-state index in [1.807, 2.05) is 12.1 Å². The van der Waals surface area contributed by atoms with Crippen LogP contribution in [0.1, 0.15) is 47.1 Å². The fourth-order valence-corrected chi connectivity index (χ4v) is 4.31. The van der Waals surface area contributed by atoms with E-state index in [4.69, 9.17) is 9.84 Å². The molecule has 200 valence electrons. The predicted octanol–water partition coefficient (Wildman–Crippen LogP) is 4.83. The Balaban J connectivity index is 1.28. The number of hydrogen-bond donors (Lipinski definition) is 4. The maximum absolute atomic E-state index is 12.9. The van der Waals surface area contributed by atoms with Crippen molar-refractivity contribution in [1.29, 1.82) is 0 Å². The molecule has 1 aliphatic rings. The van der Waals surface area contributed by atoms with Gasteiger partial charge in [0.2, 0.25) is 0 Å². The molecule has 4 N–H and O–H groups in total. The first-order valence-electron chi connectivity index (χ1n) is 12.9. The molecule has 10 heteroatoms. The summed E-state index contributed by atoms with van der Waals surface area (Å²) in [6.07, 6.45) is 2.47. The van der Waals surface area contributed by atoms with Gasteiger partial charge in [-0.1, -0.05) is 19.9 Å². The predicted molar refractivity (Wildman–Crippen MR) is 150 cm³/mol. The Morgan fingerprint density at radius 3 is 2.56 bits per heavy atom. The first-order chi connectivity index (χ1) is 18.9. The molecule has 3 amide bonds. The molecule has 0 fully saturated rings. The number of pyridine rings is 1. The minimum Gasteiger partial charge on any atom is -0.457 e. The highest BCUT2D eigenvalue weighted by Gasteiger charge is 2.17. The SMILES string of the molecule is CNC(=O)c1cc(Oc2ccc(NC(=O)Nc3cc(C(C)C)nn3-c3ccc4c(c3)CCNC4)cc2)ccn1. The van der Waals surface area contributed by atoms with Crippen molar-refractivity contribution in [2.75, 3.05) is 24.2 Å². The number of aromatic nitrogens is 3. The Morgan fingerprint density at radius 1 is 0.974 bits per heavy atom. The summed E-state index contributed by atoms with van der Waals surface area (Å²) in [5.74, 6) is 1.54. The number of carbonyl (C=O) groups excluding carboxylic acids is 2. The van der Waals surface area contributed by atoms with Crippen molar-refractivity contribution >= 4 is 23.4 Å². The van der Waals surface area contributed by atoms with Gasteiger partial charge in [-0.3, -0.25) is 15.1 Å². The summed E-state index contributed by atoms with van der Waals surface area (Å²) in [6, 6.07) is 18.0. The van der Waals surface area contributed by atoms with Crippen LogP contribution in [-0.2, 0) is 13.0 Å². The molecule has 0 bridgehead atoms. The molecular weight excluding hydrogens is 494 g/mol. The molecule has 10 nitrogen and oxygen atoms in total. The Morgan fingerprint density at radius 2 is 1.79 bits per heavy atom. The van der Waals surface area contributed by atoms with Crippen LogP contribution >= 0.6 is 0 Å². The average Bonchev–Trinajstić information content (AvgIpc) is 3.37. The molecule has 0 spiro atoms. The van der Waals surface area contributed by atoms with E-state index in [0.29, 0.717) is 23.0 Å². The van der Waals surface area contributed by atoms with Gasteiger partial charge in [0.25, 0.3) is 5.91 Å². The number of nitrogens with one attached hydrogen (secondary N) is 4. The quantitative estimate of drug-likeness (QED) is 0.274. The number of urea groups is 1. The summed E-state index contributed by atoms with van der Waals surface area (Å²) in [5.41, 5.74) is 5.24. The van der Waals surface area contributed by atoms with Crippen molar-refractivity contribution in [3.8, 4) is 17.2 Å². The van der Waals surface area contributed by atoms with Crippen LogP contribution in [0.2, 0.25) is 0 Å². The maximum atomic E-state index is 12.9. The maximum Gasteiger partial charge on any atom is 0.324 e. The lowest BCUT2D eigenvalue weighted by Gasteiger charge is -2.18. The number of nitrogens with zero attached hydrogens (tertiary/aromatic N) is 3. The van der Waals surface area contributed by atoms with Crippen LogP contribution in [0.15, 0.2) is 66.9 Å². The first kappa shape index (κ1) is 25.9. The summed E-state index contributed by atoms with van der Waals surface area (Å²) in [6.45, 7) is 5.96. The van der Waals surface area contributed by atoms with Gasteiger partial charge in [0, 0.05) is 37.6 Å². The molecule has 0 unspecified atom stereocenters. The van der Waals surface area contributed by atoms with Gasteiger partial charge in [0.15, 0.2) is 0 Å². The largest absolute Gasteiger partial charge is 0.457 e. The van der Waals surface area contributed by atoms with Gasteiger partial charge in [-0.2, -0.15) is 5.10 Å². The molecule has 4 aromatic rings. The zero-order chi connectivity index (χ0) is 27.4. The summed E-state index contributed by atoms with van der Waals surface area (Å²) in [4.78, 5) is 28.8. The molecule has 1 aliphatic heterocycles. The van der Waals surface area contributed by atoms with Crippen LogP contribution in [0.3, 0.4) is 0 Å². The Bertz CT molecular complexity index is 1500. The van der Waals surface area contributed by atoms with Crippen LogP contribution in [0, 0.1) is 0 Å². The second-order valence-corrected chi connectivity index (χ2v) is 9.56. The summed E-state index contributed by atoms with van der Waals surface area (Å²) >= 11 is 0. The normalized spacial score (nSPS) is 12.5. The van der Waals surface area contributed by atoms with Crippen LogP contribution < -0.4 is 26.0 Å². The Labute approximate surface area is 226 Å². The number of benzene rings is 2. The third-order valence-electron chi connectivity index (χ3n) is 6.42. The zero-order valence-electron chi connectivity index (χ0n) is 22.1. The molecule has 2 aromatic heterocycles. The molecule has 3 heterocycles. The third kappa shape index (κ3) is 6.07. The average molecular weight is 526 g/mol. The van der Waals surface area contributed by atoms with Gasteiger partial charge in [-0.15, -0.1) is 0 Å². The standard InChI is InChI=1S/C29H31N7O3/c1-18(2)25-16-27(36(35-25)22-7-4-20-17-31-12-10-19(20)14-22)34-29(38)33-21-5-8-23(9-6-21)39-24-11-13-32-26(15-24)28(37)30-3/h4-9,11,13-16,18,31H,10,12,17H2,1-3H3,(H,30,37)(H2,33,34,38). The van der Waals surface area contributed by atoms with Crippen molar-refractivity contribution in [3.63, 3.8) is 0 Å². The van der Waals surface area contributed by atoms with Crippen LogP contribution in [0.4, 0.5) is 16.3 Å². The fourth-order valence-electron chi connectivity index (χ4n) is 4.31. The number of rotatable bonds is 7. The van der Waals surface area contributed by atoms with Crippen molar-refractivity contribution < 1.29 is 14.3 Å². The highest BCUT2D eigenvalue weighted by atomic mass is 16.5. The molecular formula is C29H31N7O3. The van der Waals surface area contributed by atoms with Gasteiger partial charge >= 0.3 is 6.03 Å². The number of hydrogen-bond acceptors (Lipinski definition) is 6. The minimum atomic E-state index is -0.383. The molecule has 39 heavy (non-hydrogen) atoms. The summed E-state index contributed by atoms with van der Waals surface area (Å²) in [7, 11) is 1.54. The summed E-state index contributed by atoms with van der Waals surface area (Å²) < 4.78 is 7.62. The van der Waals surface area contributed by atoms with E-state index in [-0.39, 0.29) is 23.6 Å². The van der Waals surface area contributed by atoms with E-state index in [1.165, 1.54) is 17.3 Å². The lowest BCUT2D eigenvalue weighted by molar-refractivity contribution is 0.0958.